The molecule has 0 aliphatic heterocycles. The fraction of sp³-hybridized carbons (Fsp3) is 0.0667. The second-order valence-corrected chi connectivity index (χ2v) is 7.82. The molecule has 0 bridgehead atoms. The van der Waals surface area contributed by atoms with E-state index in [9.17, 15) is 0 Å². The first-order chi connectivity index (χ1) is 10.2. The number of nitrogens with one attached hydrogen (secondary N) is 1. The van der Waals surface area contributed by atoms with Crippen LogP contribution in [0, 0.1) is 3.57 Å². The lowest BCUT2D eigenvalue weighted by atomic mass is 10.1. The number of anilines is 1. The van der Waals surface area contributed by atoms with Crippen LogP contribution in [0.2, 0.25) is 0 Å². The van der Waals surface area contributed by atoms with Crippen LogP contribution in [0.1, 0.15) is 0 Å². The van der Waals surface area contributed by atoms with E-state index in [-0.39, 0.29) is 0 Å². The van der Waals surface area contributed by atoms with E-state index in [1.165, 1.54) is 0 Å². The highest BCUT2D eigenvalue weighted by molar-refractivity contribution is 14.1. The molecule has 0 aliphatic carbocycles. The number of halogens is 2. The minimum absolute atomic E-state index is 0.745. The van der Waals surface area contributed by atoms with Gasteiger partial charge in [-0.2, -0.15) is 0 Å². The smallest absolute Gasteiger partial charge is 0.172 e. The summed E-state index contributed by atoms with van der Waals surface area (Å²) in [6.07, 6.45) is 0. The van der Waals surface area contributed by atoms with Crippen molar-refractivity contribution in [2.45, 2.75) is 0 Å². The monoisotopic (exact) mass is 471 g/mol. The molecule has 0 fully saturated rings. The Bertz CT molecular complexity index is 774. The van der Waals surface area contributed by atoms with Crippen LogP contribution in [0.3, 0.4) is 0 Å². The van der Waals surface area contributed by atoms with Crippen molar-refractivity contribution in [1.29, 1.82) is 0 Å². The second-order valence-electron chi connectivity index (χ2n) is 4.28. The summed E-state index contributed by atoms with van der Waals surface area (Å²) in [4.78, 5) is 10.4. The molecular formula is C15H11BrIN3S. The highest BCUT2D eigenvalue weighted by Gasteiger charge is 2.15. The summed E-state index contributed by atoms with van der Waals surface area (Å²) in [5.74, 6) is 1.60. The lowest BCUT2D eigenvalue weighted by molar-refractivity contribution is 1.16. The molecule has 0 saturated carbocycles. The zero-order valence-corrected chi connectivity index (χ0v) is 15.7. The van der Waals surface area contributed by atoms with E-state index in [1.54, 1.807) is 11.3 Å². The Balaban J connectivity index is 2.20. The molecule has 2 aromatic heterocycles. The molecule has 0 aliphatic rings. The number of nitrogens with zero attached hydrogens (tertiary/aromatic N) is 2. The summed E-state index contributed by atoms with van der Waals surface area (Å²) in [6, 6.07) is 14.2. The average Bonchev–Trinajstić information content (AvgIpc) is 2.95. The third-order valence-corrected chi connectivity index (χ3v) is 5.57. The predicted molar refractivity (Wildman–Crippen MR) is 101 cm³/mol. The Labute approximate surface area is 149 Å². The fourth-order valence-electron chi connectivity index (χ4n) is 1.94. The summed E-state index contributed by atoms with van der Waals surface area (Å²) >= 11 is 7.41. The maximum atomic E-state index is 4.77. The Morgan fingerprint density at radius 2 is 1.86 bits per heavy atom. The van der Waals surface area contributed by atoms with Crippen molar-refractivity contribution >= 4 is 55.7 Å². The summed E-state index contributed by atoms with van der Waals surface area (Å²) < 4.78 is 2.10. The van der Waals surface area contributed by atoms with Crippen molar-refractivity contribution in [3.63, 3.8) is 0 Å². The molecule has 1 N–H and O–H groups in total. The van der Waals surface area contributed by atoms with Crippen LogP contribution < -0.4 is 5.32 Å². The molecule has 0 amide bonds. The minimum Gasteiger partial charge on any atom is -0.372 e. The Morgan fingerprint density at radius 3 is 2.48 bits per heavy atom. The molecule has 3 rings (SSSR count). The van der Waals surface area contributed by atoms with Crippen LogP contribution in [-0.2, 0) is 0 Å². The molecule has 0 radical (unpaired) electrons. The second kappa shape index (κ2) is 6.41. The largest absolute Gasteiger partial charge is 0.372 e. The molecule has 1 aromatic carbocycles. The van der Waals surface area contributed by atoms with Crippen LogP contribution in [-0.4, -0.2) is 17.0 Å². The Kier molecular flexibility index (Phi) is 4.56. The van der Waals surface area contributed by atoms with Gasteiger partial charge in [-0.1, -0.05) is 30.3 Å². The molecule has 3 aromatic rings. The SMILES string of the molecule is CNc1nc(-c2ccc(Br)s2)nc(-c2ccccc2)c1I. The van der Waals surface area contributed by atoms with Crippen molar-refractivity contribution in [3.05, 3.63) is 49.8 Å². The van der Waals surface area contributed by atoms with Crippen LogP contribution in [0.5, 0.6) is 0 Å². The maximum Gasteiger partial charge on any atom is 0.172 e. The minimum atomic E-state index is 0.745. The average molecular weight is 472 g/mol. The van der Waals surface area contributed by atoms with E-state index in [4.69, 9.17) is 4.98 Å². The van der Waals surface area contributed by atoms with Crippen molar-refractivity contribution < 1.29 is 0 Å². The summed E-state index contributed by atoms with van der Waals surface area (Å²) in [5.41, 5.74) is 2.05. The van der Waals surface area contributed by atoms with Gasteiger partial charge in [0.25, 0.3) is 0 Å². The number of benzene rings is 1. The topological polar surface area (TPSA) is 37.8 Å². The molecule has 3 nitrogen and oxygen atoms in total. The van der Waals surface area contributed by atoms with Gasteiger partial charge in [0, 0.05) is 12.6 Å². The number of thiophene rings is 1. The van der Waals surface area contributed by atoms with Gasteiger partial charge in [-0.05, 0) is 50.7 Å². The predicted octanol–water partition coefficient (Wildman–Crippen LogP) is 5.28. The molecule has 6 heteroatoms. The van der Waals surface area contributed by atoms with Crippen molar-refractivity contribution in [3.8, 4) is 22.0 Å². The number of aromatic nitrogens is 2. The zero-order chi connectivity index (χ0) is 14.8. The van der Waals surface area contributed by atoms with Gasteiger partial charge in [0.15, 0.2) is 5.82 Å². The van der Waals surface area contributed by atoms with Gasteiger partial charge in [-0.15, -0.1) is 11.3 Å². The number of rotatable bonds is 3. The van der Waals surface area contributed by atoms with Gasteiger partial charge in [0.05, 0.1) is 17.9 Å². The van der Waals surface area contributed by atoms with E-state index in [2.05, 4.69) is 61.0 Å². The summed E-state index contributed by atoms with van der Waals surface area (Å²) in [7, 11) is 1.88. The highest BCUT2D eigenvalue weighted by atomic mass is 127. The van der Waals surface area contributed by atoms with Gasteiger partial charge in [-0.3, -0.25) is 0 Å². The highest BCUT2D eigenvalue weighted by Crippen LogP contribution is 2.34. The van der Waals surface area contributed by atoms with Crippen LogP contribution >= 0.6 is 49.9 Å². The third-order valence-electron chi connectivity index (χ3n) is 2.93. The molecule has 0 unspecified atom stereocenters. The standard InChI is InChI=1S/C15H11BrIN3S/c1-18-15-12(17)13(9-5-3-2-4-6-9)19-14(20-15)10-7-8-11(16)21-10/h2-8H,1H3,(H,18,19,20). The molecule has 21 heavy (non-hydrogen) atoms. The normalized spacial score (nSPS) is 10.6. The van der Waals surface area contributed by atoms with Crippen molar-refractivity contribution in [1.82, 2.24) is 9.97 Å². The van der Waals surface area contributed by atoms with Crippen LogP contribution in [0.4, 0.5) is 5.82 Å². The molecule has 106 valence electrons. The molecule has 2 heterocycles. The van der Waals surface area contributed by atoms with E-state index >= 15 is 0 Å². The third kappa shape index (κ3) is 3.12. The zero-order valence-electron chi connectivity index (χ0n) is 11.1. The van der Waals surface area contributed by atoms with E-state index < -0.39 is 0 Å². The van der Waals surface area contributed by atoms with E-state index in [0.29, 0.717) is 0 Å². The van der Waals surface area contributed by atoms with Gasteiger partial charge in [0.1, 0.15) is 5.82 Å². The van der Waals surface area contributed by atoms with E-state index in [1.807, 2.05) is 37.4 Å². The maximum absolute atomic E-state index is 4.77. The Hall–Kier alpha value is -0.990. The fourth-order valence-corrected chi connectivity index (χ4v) is 4.09. The van der Waals surface area contributed by atoms with Gasteiger partial charge in [0.2, 0.25) is 0 Å². The quantitative estimate of drug-likeness (QED) is 0.528. The molecule has 0 saturated heterocycles. The molecule has 0 spiro atoms. The van der Waals surface area contributed by atoms with Crippen molar-refractivity contribution in [2.75, 3.05) is 12.4 Å². The molecule has 0 atom stereocenters. The van der Waals surface area contributed by atoms with Crippen molar-refractivity contribution in [2.24, 2.45) is 0 Å². The van der Waals surface area contributed by atoms with Gasteiger partial charge in [-0.25, -0.2) is 9.97 Å². The van der Waals surface area contributed by atoms with E-state index in [0.717, 1.165) is 35.1 Å². The number of hydrogen-bond donors (Lipinski definition) is 1. The van der Waals surface area contributed by atoms with Gasteiger partial charge >= 0.3 is 0 Å². The van der Waals surface area contributed by atoms with Crippen LogP contribution in [0.15, 0.2) is 46.3 Å². The molecular weight excluding hydrogens is 461 g/mol. The first-order valence-corrected chi connectivity index (χ1v) is 8.94. The lowest BCUT2D eigenvalue weighted by Gasteiger charge is -2.10. The summed E-state index contributed by atoms with van der Waals surface area (Å²) in [5, 5.41) is 3.16. The first-order valence-electron chi connectivity index (χ1n) is 6.25. The van der Waals surface area contributed by atoms with Crippen LogP contribution in [0.25, 0.3) is 22.0 Å². The Morgan fingerprint density at radius 1 is 1.10 bits per heavy atom. The van der Waals surface area contributed by atoms with Gasteiger partial charge < -0.3 is 5.32 Å². The first kappa shape index (κ1) is 14.9. The lowest BCUT2D eigenvalue weighted by Crippen LogP contribution is -2.02. The number of hydrogen-bond acceptors (Lipinski definition) is 4. The summed E-state index contributed by atoms with van der Waals surface area (Å²) in [6.45, 7) is 0.